The van der Waals surface area contributed by atoms with Gasteiger partial charge in [-0.1, -0.05) is 86.5 Å². The zero-order chi connectivity index (χ0) is 26.1. The number of nitrogens with one attached hydrogen (secondary N) is 1. The smallest absolute Gasteiger partial charge is 0.243 e. The summed E-state index contributed by atoms with van der Waals surface area (Å²) in [4.78, 5) is 29.0. The Balaban J connectivity index is 1.86. The molecule has 3 aromatic rings. The first-order valence-electron chi connectivity index (χ1n) is 11.8. The molecule has 3 aromatic carbocycles. The van der Waals surface area contributed by atoms with E-state index in [9.17, 15) is 9.59 Å². The summed E-state index contributed by atoms with van der Waals surface area (Å²) in [6, 6.07) is 25.2. The second-order valence-corrected chi connectivity index (χ2v) is 12.5. The second kappa shape index (κ2) is 13.5. The monoisotopic (exact) mass is 630 g/mol. The Morgan fingerprint density at radius 3 is 2.17 bits per heavy atom. The fourth-order valence-electron chi connectivity index (χ4n) is 3.76. The van der Waals surface area contributed by atoms with Crippen molar-refractivity contribution in [1.29, 1.82) is 0 Å². The maximum atomic E-state index is 13.7. The number of hydrogen-bond donors (Lipinski definition) is 1. The van der Waals surface area contributed by atoms with Gasteiger partial charge in [0.1, 0.15) is 6.04 Å². The molecule has 0 unspecified atom stereocenters. The average molecular weight is 632 g/mol. The van der Waals surface area contributed by atoms with Crippen LogP contribution in [0.2, 0.25) is 0 Å². The van der Waals surface area contributed by atoms with E-state index in [1.807, 2.05) is 87.5 Å². The van der Waals surface area contributed by atoms with E-state index in [1.165, 1.54) is 0 Å². The third-order valence-electron chi connectivity index (χ3n) is 5.42. The van der Waals surface area contributed by atoms with Gasteiger partial charge in [0.2, 0.25) is 11.8 Å². The normalized spacial score (nSPS) is 12.1. The van der Waals surface area contributed by atoms with Gasteiger partial charge in [-0.05, 0) is 61.7 Å². The van der Waals surface area contributed by atoms with E-state index < -0.39 is 11.6 Å². The number of hydrogen-bond acceptors (Lipinski definition) is 3. The molecular weight excluding hydrogens is 600 g/mol. The van der Waals surface area contributed by atoms with Crippen molar-refractivity contribution in [3.63, 3.8) is 0 Å². The standard InChI is InChI=1S/C29H32Br2N2O2S/c1-29(2,3)32-28(35)26(17-21-8-5-4-6-9-21)33(18-23-10-7-11-25(31)16-23)27(34)20-36-19-22-12-14-24(30)15-13-22/h4-16,26H,17-20H2,1-3H3,(H,32,35)/t26-/m0/s1. The van der Waals surface area contributed by atoms with Gasteiger partial charge >= 0.3 is 0 Å². The SMILES string of the molecule is CC(C)(C)NC(=O)[C@H](Cc1ccccc1)N(Cc1cccc(Br)c1)C(=O)CSCc1ccc(Br)cc1. The summed E-state index contributed by atoms with van der Waals surface area (Å²) in [7, 11) is 0. The zero-order valence-electron chi connectivity index (χ0n) is 20.8. The molecule has 0 spiro atoms. The van der Waals surface area contributed by atoms with E-state index in [0.29, 0.717) is 13.0 Å². The van der Waals surface area contributed by atoms with Gasteiger partial charge in [0.05, 0.1) is 5.75 Å². The van der Waals surface area contributed by atoms with Crippen molar-refractivity contribution in [3.8, 4) is 0 Å². The summed E-state index contributed by atoms with van der Waals surface area (Å²) >= 11 is 8.56. The molecule has 190 valence electrons. The molecule has 0 radical (unpaired) electrons. The van der Waals surface area contributed by atoms with E-state index in [-0.39, 0.29) is 17.6 Å². The van der Waals surface area contributed by atoms with Crippen LogP contribution in [0, 0.1) is 0 Å². The maximum absolute atomic E-state index is 13.7. The molecule has 1 N–H and O–H groups in total. The minimum Gasteiger partial charge on any atom is -0.350 e. The van der Waals surface area contributed by atoms with Crippen molar-refractivity contribution in [2.75, 3.05) is 5.75 Å². The van der Waals surface area contributed by atoms with Gasteiger partial charge in [-0.2, -0.15) is 0 Å². The molecule has 0 saturated heterocycles. The summed E-state index contributed by atoms with van der Waals surface area (Å²) in [5.41, 5.74) is 2.73. The van der Waals surface area contributed by atoms with E-state index in [2.05, 4.69) is 49.3 Å². The zero-order valence-corrected chi connectivity index (χ0v) is 24.8. The van der Waals surface area contributed by atoms with E-state index in [1.54, 1.807) is 16.7 Å². The van der Waals surface area contributed by atoms with Gasteiger partial charge in [-0.3, -0.25) is 9.59 Å². The molecule has 2 amide bonds. The molecule has 0 aliphatic carbocycles. The Hall–Kier alpha value is -2.09. The fraction of sp³-hybridized carbons (Fsp3) is 0.310. The highest BCUT2D eigenvalue weighted by molar-refractivity contribution is 9.10. The van der Waals surface area contributed by atoms with Crippen LogP contribution in [0.25, 0.3) is 0 Å². The van der Waals surface area contributed by atoms with Crippen molar-refractivity contribution in [3.05, 3.63) is 104 Å². The van der Waals surface area contributed by atoms with Crippen molar-refractivity contribution >= 4 is 55.4 Å². The molecule has 0 aliphatic heterocycles. The van der Waals surface area contributed by atoms with Crippen molar-refractivity contribution in [2.24, 2.45) is 0 Å². The summed E-state index contributed by atoms with van der Waals surface area (Å²) in [5, 5.41) is 3.11. The quantitative estimate of drug-likeness (QED) is 0.262. The van der Waals surface area contributed by atoms with Crippen molar-refractivity contribution < 1.29 is 9.59 Å². The Bertz CT molecular complexity index is 1150. The molecular formula is C29H32Br2N2O2S. The molecule has 0 aromatic heterocycles. The molecule has 0 heterocycles. The Labute approximate surface area is 235 Å². The minimum atomic E-state index is -0.633. The van der Waals surface area contributed by atoms with Crippen LogP contribution in [-0.2, 0) is 28.3 Å². The van der Waals surface area contributed by atoms with Crippen LogP contribution in [0.5, 0.6) is 0 Å². The van der Waals surface area contributed by atoms with Crippen LogP contribution in [0.3, 0.4) is 0 Å². The van der Waals surface area contributed by atoms with Gasteiger partial charge in [0.15, 0.2) is 0 Å². The van der Waals surface area contributed by atoms with Crippen LogP contribution in [0.15, 0.2) is 87.8 Å². The number of amides is 2. The lowest BCUT2D eigenvalue weighted by Gasteiger charge is -2.34. The third-order valence-corrected chi connectivity index (χ3v) is 7.43. The van der Waals surface area contributed by atoms with E-state index in [0.717, 1.165) is 31.4 Å². The van der Waals surface area contributed by atoms with E-state index in [4.69, 9.17) is 0 Å². The molecule has 0 saturated carbocycles. The van der Waals surface area contributed by atoms with E-state index >= 15 is 0 Å². The molecule has 4 nitrogen and oxygen atoms in total. The Kier molecular flexibility index (Phi) is 10.6. The largest absolute Gasteiger partial charge is 0.350 e. The predicted octanol–water partition coefficient (Wildman–Crippen LogP) is 7.00. The maximum Gasteiger partial charge on any atom is 0.243 e. The average Bonchev–Trinajstić information content (AvgIpc) is 2.82. The number of thioether (sulfide) groups is 1. The first-order valence-corrected chi connectivity index (χ1v) is 14.6. The molecule has 1 atom stereocenters. The number of carbonyl (C=O) groups excluding carboxylic acids is 2. The molecule has 36 heavy (non-hydrogen) atoms. The first kappa shape index (κ1) is 28.5. The number of rotatable bonds is 10. The molecule has 3 rings (SSSR count). The fourth-order valence-corrected chi connectivity index (χ4v) is 5.34. The summed E-state index contributed by atoms with van der Waals surface area (Å²) in [6.45, 7) is 6.23. The minimum absolute atomic E-state index is 0.0536. The number of halogens is 2. The lowest BCUT2D eigenvalue weighted by molar-refractivity contribution is -0.140. The lowest BCUT2D eigenvalue weighted by Crippen LogP contribution is -2.54. The van der Waals surface area contributed by atoms with Crippen LogP contribution >= 0.6 is 43.6 Å². The van der Waals surface area contributed by atoms with Gasteiger partial charge in [0.25, 0.3) is 0 Å². The van der Waals surface area contributed by atoms with Gasteiger partial charge in [0, 0.05) is 33.2 Å². The van der Waals surface area contributed by atoms with Gasteiger partial charge in [-0.15, -0.1) is 11.8 Å². The van der Waals surface area contributed by atoms with Gasteiger partial charge in [-0.25, -0.2) is 0 Å². The molecule has 7 heteroatoms. The van der Waals surface area contributed by atoms with Crippen LogP contribution in [-0.4, -0.2) is 34.0 Å². The highest BCUT2D eigenvalue weighted by Crippen LogP contribution is 2.21. The van der Waals surface area contributed by atoms with Gasteiger partial charge < -0.3 is 10.2 Å². The number of carbonyl (C=O) groups is 2. The third kappa shape index (κ3) is 9.41. The van der Waals surface area contributed by atoms with Crippen molar-refractivity contribution in [1.82, 2.24) is 10.2 Å². The summed E-state index contributed by atoms with van der Waals surface area (Å²) < 4.78 is 1.97. The number of benzene rings is 3. The van der Waals surface area contributed by atoms with Crippen LogP contribution in [0.1, 0.15) is 37.5 Å². The highest BCUT2D eigenvalue weighted by Gasteiger charge is 2.32. The molecule has 0 fully saturated rings. The number of nitrogens with zero attached hydrogens (tertiary/aromatic N) is 1. The molecule has 0 bridgehead atoms. The Morgan fingerprint density at radius 2 is 1.53 bits per heavy atom. The summed E-state index contributed by atoms with van der Waals surface area (Å²) in [6.07, 6.45) is 0.444. The highest BCUT2D eigenvalue weighted by atomic mass is 79.9. The second-order valence-electron chi connectivity index (χ2n) is 9.72. The van der Waals surface area contributed by atoms with Crippen LogP contribution in [0.4, 0.5) is 0 Å². The van der Waals surface area contributed by atoms with Crippen LogP contribution < -0.4 is 5.32 Å². The Morgan fingerprint density at radius 1 is 0.861 bits per heavy atom. The predicted molar refractivity (Wildman–Crippen MR) is 157 cm³/mol. The summed E-state index contributed by atoms with van der Waals surface area (Å²) in [5.74, 6) is 0.814. The molecule has 0 aliphatic rings. The first-order chi connectivity index (χ1) is 17.1. The lowest BCUT2D eigenvalue weighted by atomic mass is 10.0. The van der Waals surface area contributed by atoms with Crippen molar-refractivity contribution in [2.45, 2.75) is 51.1 Å². The topological polar surface area (TPSA) is 49.4 Å².